The predicted octanol–water partition coefficient (Wildman–Crippen LogP) is 1.44. The molecule has 18 heavy (non-hydrogen) atoms. The van der Waals surface area contributed by atoms with Crippen molar-refractivity contribution in [2.24, 2.45) is 5.92 Å². The van der Waals surface area contributed by atoms with E-state index >= 15 is 0 Å². The summed E-state index contributed by atoms with van der Waals surface area (Å²) in [5.74, 6) is -1.95. The molecule has 1 rings (SSSR count). The molecule has 0 aliphatic heterocycles. The SMILES string of the molecule is CC(CO)CS(=O)(=O)c1ccc(Cl)c(C(=O)O)c1. The summed E-state index contributed by atoms with van der Waals surface area (Å²) in [5.41, 5.74) is -0.255. The number of hydrogen-bond acceptors (Lipinski definition) is 4. The van der Waals surface area contributed by atoms with Crippen LogP contribution in [-0.2, 0) is 9.84 Å². The molecule has 0 bridgehead atoms. The van der Waals surface area contributed by atoms with Crippen molar-refractivity contribution in [2.75, 3.05) is 12.4 Å². The first-order chi connectivity index (χ1) is 8.27. The molecule has 5 nitrogen and oxygen atoms in total. The number of halogens is 1. The Bertz CT molecular complexity index is 553. The minimum absolute atomic E-state index is 0.0170. The van der Waals surface area contributed by atoms with Crippen LogP contribution in [-0.4, -0.2) is 37.0 Å². The van der Waals surface area contributed by atoms with Crippen LogP contribution in [0.4, 0.5) is 0 Å². The van der Waals surface area contributed by atoms with Gasteiger partial charge in [0.1, 0.15) is 0 Å². The van der Waals surface area contributed by atoms with E-state index in [4.69, 9.17) is 21.8 Å². The van der Waals surface area contributed by atoms with E-state index in [1.807, 2.05) is 0 Å². The number of benzene rings is 1. The fourth-order valence-corrected chi connectivity index (χ4v) is 3.20. The van der Waals surface area contributed by atoms with E-state index in [1.165, 1.54) is 12.1 Å². The van der Waals surface area contributed by atoms with Crippen LogP contribution >= 0.6 is 11.6 Å². The van der Waals surface area contributed by atoms with Gasteiger partial charge in [0.25, 0.3) is 0 Å². The van der Waals surface area contributed by atoms with Crippen molar-refractivity contribution in [3.05, 3.63) is 28.8 Å². The summed E-state index contributed by atoms with van der Waals surface area (Å²) < 4.78 is 23.9. The van der Waals surface area contributed by atoms with Crippen molar-refractivity contribution in [3.63, 3.8) is 0 Å². The van der Waals surface area contributed by atoms with E-state index in [9.17, 15) is 13.2 Å². The van der Waals surface area contributed by atoms with Crippen LogP contribution in [0.2, 0.25) is 5.02 Å². The molecule has 100 valence electrons. The minimum atomic E-state index is -3.63. The number of hydrogen-bond donors (Lipinski definition) is 2. The highest BCUT2D eigenvalue weighted by atomic mass is 35.5. The molecule has 1 unspecified atom stereocenters. The van der Waals surface area contributed by atoms with Gasteiger partial charge in [0.15, 0.2) is 9.84 Å². The van der Waals surface area contributed by atoms with E-state index in [0.29, 0.717) is 0 Å². The third-order valence-electron chi connectivity index (χ3n) is 2.34. The van der Waals surface area contributed by atoms with Gasteiger partial charge in [0, 0.05) is 6.61 Å². The average Bonchev–Trinajstić information content (AvgIpc) is 2.28. The summed E-state index contributed by atoms with van der Waals surface area (Å²) in [6, 6.07) is 3.53. The summed E-state index contributed by atoms with van der Waals surface area (Å²) in [4.78, 5) is 10.8. The zero-order valence-electron chi connectivity index (χ0n) is 9.63. The van der Waals surface area contributed by atoms with Gasteiger partial charge in [-0.3, -0.25) is 0 Å². The molecule has 0 aliphatic rings. The molecule has 0 aliphatic carbocycles. The van der Waals surface area contributed by atoms with Crippen LogP contribution in [0.5, 0.6) is 0 Å². The molecular weight excluding hydrogens is 280 g/mol. The summed E-state index contributed by atoms with van der Waals surface area (Å²) in [7, 11) is -3.63. The molecule has 0 spiro atoms. The van der Waals surface area contributed by atoms with Gasteiger partial charge in [-0.05, 0) is 24.1 Å². The highest BCUT2D eigenvalue weighted by Crippen LogP contribution is 2.22. The normalized spacial score (nSPS) is 13.3. The van der Waals surface area contributed by atoms with Crippen LogP contribution in [0, 0.1) is 5.92 Å². The molecule has 7 heteroatoms. The average molecular weight is 293 g/mol. The number of carbonyl (C=O) groups is 1. The smallest absolute Gasteiger partial charge is 0.337 e. The fourth-order valence-electron chi connectivity index (χ4n) is 1.39. The Morgan fingerprint density at radius 1 is 1.44 bits per heavy atom. The van der Waals surface area contributed by atoms with E-state index in [1.54, 1.807) is 6.92 Å². The lowest BCUT2D eigenvalue weighted by atomic mass is 10.2. The third kappa shape index (κ3) is 3.44. The first kappa shape index (κ1) is 14.9. The van der Waals surface area contributed by atoms with Crippen molar-refractivity contribution in [3.8, 4) is 0 Å². The molecule has 0 amide bonds. The molecule has 1 aromatic carbocycles. The number of rotatable bonds is 5. The second-order valence-electron chi connectivity index (χ2n) is 4.02. The molecule has 0 saturated carbocycles. The van der Waals surface area contributed by atoms with E-state index in [0.717, 1.165) is 6.07 Å². The van der Waals surface area contributed by atoms with Crippen molar-refractivity contribution < 1.29 is 23.4 Å². The molecule has 2 N–H and O–H groups in total. The molecule has 0 radical (unpaired) electrons. The molecule has 0 fully saturated rings. The Balaban J connectivity index is 3.18. The molecule has 0 aromatic heterocycles. The van der Waals surface area contributed by atoms with Crippen molar-refractivity contribution in [1.82, 2.24) is 0 Å². The summed E-state index contributed by atoms with van der Waals surface area (Å²) in [6.45, 7) is 1.34. The quantitative estimate of drug-likeness (QED) is 0.857. The number of aliphatic hydroxyl groups is 1. The first-order valence-corrected chi connectivity index (χ1v) is 7.17. The maximum atomic E-state index is 11.9. The highest BCUT2D eigenvalue weighted by molar-refractivity contribution is 7.91. The van der Waals surface area contributed by atoms with Gasteiger partial charge in [-0.1, -0.05) is 18.5 Å². The van der Waals surface area contributed by atoms with Gasteiger partial charge in [-0.2, -0.15) is 0 Å². The van der Waals surface area contributed by atoms with Crippen LogP contribution < -0.4 is 0 Å². The molecule has 1 aromatic rings. The monoisotopic (exact) mass is 292 g/mol. The maximum absolute atomic E-state index is 11.9. The molecular formula is C11H13ClO5S. The molecule has 1 atom stereocenters. The standard InChI is InChI=1S/C11H13ClO5S/c1-7(5-13)6-18(16,17)8-2-3-10(12)9(4-8)11(14)15/h2-4,7,13H,5-6H2,1H3,(H,14,15). The van der Waals surface area contributed by atoms with Gasteiger partial charge >= 0.3 is 5.97 Å². The number of aliphatic hydroxyl groups excluding tert-OH is 1. The fraction of sp³-hybridized carbons (Fsp3) is 0.364. The summed E-state index contributed by atoms with van der Waals surface area (Å²) >= 11 is 5.66. The molecule has 0 heterocycles. The number of carboxylic acids is 1. The number of carboxylic acid groups (broad SMARTS) is 1. The molecule has 0 saturated heterocycles. The van der Waals surface area contributed by atoms with Crippen LogP contribution in [0.15, 0.2) is 23.1 Å². The van der Waals surface area contributed by atoms with Gasteiger partial charge in [-0.15, -0.1) is 0 Å². The number of sulfone groups is 1. The van der Waals surface area contributed by atoms with E-state index in [-0.39, 0.29) is 27.8 Å². The van der Waals surface area contributed by atoms with E-state index in [2.05, 4.69) is 0 Å². The van der Waals surface area contributed by atoms with E-state index < -0.39 is 21.7 Å². The zero-order valence-corrected chi connectivity index (χ0v) is 11.2. The van der Waals surface area contributed by atoms with Crippen LogP contribution in [0.25, 0.3) is 0 Å². The van der Waals surface area contributed by atoms with Gasteiger partial charge in [0.05, 0.1) is 21.2 Å². The Morgan fingerprint density at radius 2 is 2.06 bits per heavy atom. The summed E-state index contributed by atoms with van der Waals surface area (Å²) in [6.07, 6.45) is 0. The van der Waals surface area contributed by atoms with Crippen molar-refractivity contribution in [1.29, 1.82) is 0 Å². The Morgan fingerprint density at radius 3 is 2.56 bits per heavy atom. The van der Waals surface area contributed by atoms with Gasteiger partial charge < -0.3 is 10.2 Å². The predicted molar refractivity (Wildman–Crippen MR) is 66.7 cm³/mol. The topological polar surface area (TPSA) is 91.7 Å². The first-order valence-electron chi connectivity index (χ1n) is 5.14. The zero-order chi connectivity index (χ0) is 13.9. The van der Waals surface area contributed by atoms with Crippen LogP contribution in [0.1, 0.15) is 17.3 Å². The Hall–Kier alpha value is -1.11. The van der Waals surface area contributed by atoms with Crippen molar-refractivity contribution in [2.45, 2.75) is 11.8 Å². The lowest BCUT2D eigenvalue weighted by Crippen LogP contribution is -2.17. The van der Waals surface area contributed by atoms with Gasteiger partial charge in [0.2, 0.25) is 0 Å². The Kier molecular flexibility index (Phi) is 4.72. The second kappa shape index (κ2) is 5.69. The number of aromatic carboxylic acids is 1. The highest BCUT2D eigenvalue weighted by Gasteiger charge is 2.20. The minimum Gasteiger partial charge on any atom is -0.478 e. The maximum Gasteiger partial charge on any atom is 0.337 e. The Labute approximate surface area is 110 Å². The second-order valence-corrected chi connectivity index (χ2v) is 6.46. The lowest BCUT2D eigenvalue weighted by molar-refractivity contribution is 0.0697. The largest absolute Gasteiger partial charge is 0.478 e. The summed E-state index contributed by atoms with van der Waals surface area (Å²) in [5, 5.41) is 17.7. The van der Waals surface area contributed by atoms with Crippen LogP contribution in [0.3, 0.4) is 0 Å². The lowest BCUT2D eigenvalue weighted by Gasteiger charge is -2.10. The van der Waals surface area contributed by atoms with Crippen molar-refractivity contribution >= 4 is 27.4 Å². The van der Waals surface area contributed by atoms with Gasteiger partial charge in [-0.25, -0.2) is 13.2 Å². The third-order valence-corrected chi connectivity index (χ3v) is 4.65.